The van der Waals surface area contributed by atoms with Crippen LogP contribution in [-0.4, -0.2) is 18.1 Å². The summed E-state index contributed by atoms with van der Waals surface area (Å²) in [6, 6.07) is 107. The van der Waals surface area contributed by atoms with E-state index < -0.39 is 62.5 Å². The van der Waals surface area contributed by atoms with Crippen LogP contribution >= 0.6 is 51.1 Å². The molecule has 0 spiro atoms. The standard InChI is InChI=1S/C40H35N.C37H35N.C36H33N.6CH3.6ClH.3Zr/c1-25-21-37-32(31-15-8-13-28-11-4-6-14-30(28)31)16-9-17-33(37)35(25)24-36-26(2)22-38-34(36)18-10-20-40(38)41-27(3)23-29-12-5-7-19-39(29)41;1-24-21-34-29(27-11-5-4-6-12-27)14-9-15-30(34)32(24)23-33-25(2)22-35-31(33)16-10-18-37(35)38-26(3)19-20-28-13-7-8-17-36(28)38;1-23-19-33-28(26-11-5-4-6-12-26)14-9-15-29(33)31(23)22-32-24(2)20-34-30(32)16-10-18-36(34)37-25(3)21-27-13-7-8-17-35(27)37;;;;;;;;;;;;;;;/h4-22,27,35-36H,23-24H2,1-3H3;4-18,21-22,26,32-33H,19-20,23H2,1-3H3;4-20,25,31-32H,21-22H2,1-3H3;6*1H3;6*1H;;;/q;;;6*-1;;;;;;;3*+4/p-6. The SMILES string of the molecule is CC1=Cc2c(-c3cccc4ccccc34)cccc2C1CC1C(C)=Cc2c1cccc2N1c2ccccc2CC1C.CC1=Cc2c(-c3ccccc3)cccc2C1CC1C(C)=Cc2c1cccc2N1c2ccccc2CC1C.CC1=Cc2c(-c3ccccc3)cccc2C1CC1C(C)=Cc2c1cccc2N1c2ccccc2CCC1C.[CH3-].[CH3-].[CH3-].[CH3-].[CH3-].[CH3-].[Cl][Zr+2][Cl].[Cl][Zr+2][Cl].[Cl][Zr+2][Cl]. The van der Waals surface area contributed by atoms with Crippen molar-refractivity contribution in [3.8, 4) is 33.4 Å². The number of anilines is 6. The van der Waals surface area contributed by atoms with Crippen molar-refractivity contribution in [1.82, 2.24) is 0 Å². The number of hydrogen-bond acceptors (Lipinski definition) is 3. The monoisotopic (exact) mass is 2070 g/mol. The Kier molecular flexibility index (Phi) is 37.0. The van der Waals surface area contributed by atoms with Crippen LogP contribution in [0.2, 0.25) is 0 Å². The molecule has 0 saturated heterocycles. The summed E-state index contributed by atoms with van der Waals surface area (Å²) in [5.41, 5.74) is 46.9. The molecular weight excluding hydrogens is 1960 g/mol. The molecule has 6 aliphatic carbocycles. The molecule has 0 fully saturated rings. The van der Waals surface area contributed by atoms with Crippen LogP contribution in [-0.2, 0) is 81.8 Å². The van der Waals surface area contributed by atoms with Crippen molar-refractivity contribution < 1.29 is 62.5 Å². The number of rotatable bonds is 12. The van der Waals surface area contributed by atoms with E-state index in [0.29, 0.717) is 53.6 Å². The molecule has 0 saturated carbocycles. The Balaban J connectivity index is 0.000000178. The van der Waals surface area contributed by atoms with Crippen LogP contribution in [0.1, 0.15) is 207 Å². The van der Waals surface area contributed by atoms with Crippen molar-refractivity contribution >= 4 is 132 Å². The fourth-order valence-corrected chi connectivity index (χ4v) is 22.2. The Hall–Kier alpha value is -7.65. The molecule has 131 heavy (non-hydrogen) atoms. The van der Waals surface area contributed by atoms with Gasteiger partial charge in [0.15, 0.2) is 0 Å². The van der Waals surface area contributed by atoms with Crippen molar-refractivity contribution in [3.05, 3.63) is 447 Å². The predicted octanol–water partition coefficient (Wildman–Crippen LogP) is 37.0. The molecule has 9 aliphatic rings. The second-order valence-corrected chi connectivity index (χ2v) is 46.3. The number of benzene rings is 13. The van der Waals surface area contributed by atoms with E-state index in [1.807, 2.05) is 0 Å². The molecule has 0 radical (unpaired) electrons. The quantitative estimate of drug-likeness (QED) is 0.113. The fourth-order valence-electron chi connectivity index (χ4n) is 22.2. The van der Waals surface area contributed by atoms with Gasteiger partial charge in [-0.2, -0.15) is 0 Å². The third-order valence-electron chi connectivity index (χ3n) is 27.9. The predicted molar refractivity (Wildman–Crippen MR) is 568 cm³/mol. The van der Waals surface area contributed by atoms with Crippen LogP contribution in [0.15, 0.2) is 319 Å². The van der Waals surface area contributed by atoms with Gasteiger partial charge in [-0.05, 0) is 255 Å². The van der Waals surface area contributed by atoms with Crippen molar-refractivity contribution in [3.63, 3.8) is 0 Å². The van der Waals surface area contributed by atoms with E-state index in [4.69, 9.17) is 51.1 Å². The van der Waals surface area contributed by atoms with Crippen LogP contribution < -0.4 is 14.7 Å². The van der Waals surface area contributed by atoms with Gasteiger partial charge in [0.2, 0.25) is 0 Å². The van der Waals surface area contributed by atoms with Gasteiger partial charge in [0.1, 0.15) is 0 Å². The number of para-hydroxylation sites is 3. The maximum atomic E-state index is 4.93. The van der Waals surface area contributed by atoms with Crippen LogP contribution in [0, 0.1) is 44.6 Å². The summed E-state index contributed by atoms with van der Waals surface area (Å²) in [6.07, 6.45) is 22.7. The number of hydrogen-bond donors (Lipinski definition) is 0. The minimum absolute atomic E-state index is 0. The second-order valence-electron chi connectivity index (χ2n) is 35.1. The average Bonchev–Trinajstić information content (AvgIpc) is 1.61. The van der Waals surface area contributed by atoms with E-state index in [1.165, 1.54) is 202 Å². The van der Waals surface area contributed by atoms with Crippen LogP contribution in [0.5, 0.6) is 0 Å². The summed E-state index contributed by atoms with van der Waals surface area (Å²) < 4.78 is 0. The number of nitrogens with zero attached hydrogens (tertiary/aromatic N) is 3. The molecule has 0 aromatic heterocycles. The Morgan fingerprint density at radius 1 is 0.252 bits per heavy atom. The molecule has 666 valence electrons. The molecule has 9 unspecified atom stereocenters. The number of fused-ring (bicyclic) bond motifs is 10. The topological polar surface area (TPSA) is 9.72 Å². The third kappa shape index (κ3) is 20.9. The van der Waals surface area contributed by atoms with Crippen molar-refractivity contribution in [2.75, 3.05) is 14.7 Å². The van der Waals surface area contributed by atoms with Crippen LogP contribution in [0.25, 0.3) is 80.6 Å². The number of halogens is 6. The van der Waals surface area contributed by atoms with Gasteiger partial charge in [0.25, 0.3) is 0 Å². The molecule has 9 atom stereocenters. The summed E-state index contributed by atoms with van der Waals surface area (Å²) in [6.45, 7) is 21.1. The van der Waals surface area contributed by atoms with Crippen molar-refractivity contribution in [1.29, 1.82) is 0 Å². The molecule has 0 N–H and O–H groups in total. The van der Waals surface area contributed by atoms with Gasteiger partial charge in [0, 0.05) is 104 Å². The molecule has 13 aromatic rings. The number of allylic oxidation sites excluding steroid dienone is 6. The van der Waals surface area contributed by atoms with E-state index >= 15 is 0 Å². The molecule has 0 amide bonds. The first-order valence-corrected chi connectivity index (χ1v) is 63.0. The summed E-state index contributed by atoms with van der Waals surface area (Å²) >= 11 is -2.48. The third-order valence-corrected chi connectivity index (χ3v) is 27.9. The zero-order chi connectivity index (χ0) is 86.7. The van der Waals surface area contributed by atoms with Gasteiger partial charge in [-0.1, -0.05) is 319 Å². The molecule has 12 heteroatoms. The molecule has 22 rings (SSSR count). The molecule has 3 aliphatic heterocycles. The Bertz CT molecular complexity index is 6380. The van der Waals surface area contributed by atoms with E-state index in [-0.39, 0.29) is 44.6 Å². The first kappa shape index (κ1) is 104. The summed E-state index contributed by atoms with van der Waals surface area (Å²) in [4.78, 5) is 7.75. The van der Waals surface area contributed by atoms with Crippen molar-refractivity contribution in [2.24, 2.45) is 0 Å². The van der Waals surface area contributed by atoms with E-state index in [0.717, 1.165) is 38.5 Å². The van der Waals surface area contributed by atoms with Gasteiger partial charge >= 0.3 is 114 Å². The minimum atomic E-state index is -0.826. The maximum absolute atomic E-state index is 4.93. The molecular formula is C119H121Cl6N3Zr3. The molecule has 13 aromatic carbocycles. The van der Waals surface area contributed by atoms with E-state index in [1.54, 1.807) is 0 Å². The normalized spacial score (nSPS) is 18.9. The second kappa shape index (κ2) is 46.7. The van der Waals surface area contributed by atoms with Crippen LogP contribution in [0.3, 0.4) is 0 Å². The first-order chi connectivity index (χ1) is 61.0. The number of aryl methyl sites for hydroxylation is 1. The van der Waals surface area contributed by atoms with Gasteiger partial charge in [-0.25, -0.2) is 0 Å². The molecule has 3 nitrogen and oxygen atoms in total. The summed E-state index contributed by atoms with van der Waals surface area (Å²) in [7, 11) is 29.6. The van der Waals surface area contributed by atoms with E-state index in [9.17, 15) is 0 Å². The zero-order valence-corrected chi connectivity index (χ0v) is 90.3. The average molecular weight is 2080 g/mol. The van der Waals surface area contributed by atoms with Gasteiger partial charge in [0.05, 0.1) is 0 Å². The summed E-state index contributed by atoms with van der Waals surface area (Å²) in [5, 5.41) is 2.62. The molecule has 3 heterocycles. The fraction of sp³-hybridized carbons (Fsp3) is 0.210. The summed E-state index contributed by atoms with van der Waals surface area (Å²) in [5.74, 6) is 2.65. The zero-order valence-electron chi connectivity index (χ0n) is 78.4. The molecule has 0 bridgehead atoms. The van der Waals surface area contributed by atoms with Crippen LogP contribution in [0.4, 0.5) is 34.1 Å². The van der Waals surface area contributed by atoms with E-state index in [2.05, 4.69) is 399 Å². The van der Waals surface area contributed by atoms with Crippen molar-refractivity contribution in [2.45, 2.75) is 161 Å². The Morgan fingerprint density at radius 3 is 0.878 bits per heavy atom. The Morgan fingerprint density at radius 2 is 0.504 bits per heavy atom. The van der Waals surface area contributed by atoms with Gasteiger partial charge in [-0.3, -0.25) is 0 Å². The Labute approximate surface area is 841 Å². The van der Waals surface area contributed by atoms with Gasteiger partial charge in [-0.15, -0.1) is 0 Å². The first-order valence-electron chi connectivity index (χ1n) is 44.0. The van der Waals surface area contributed by atoms with Gasteiger partial charge < -0.3 is 59.3 Å².